The highest BCUT2D eigenvalue weighted by molar-refractivity contribution is 7.11. The molecule has 3 nitrogen and oxygen atoms in total. The van der Waals surface area contributed by atoms with Gasteiger partial charge in [0.05, 0.1) is 16.2 Å². The average molecular weight is 373 g/mol. The largest absolute Gasteiger partial charge is 0.387 e. The first-order chi connectivity index (χ1) is 11.7. The summed E-state index contributed by atoms with van der Waals surface area (Å²) >= 11 is 7.75. The van der Waals surface area contributed by atoms with Gasteiger partial charge in [-0.1, -0.05) is 24.6 Å². The minimum atomic E-state index is -0.790. The van der Waals surface area contributed by atoms with Gasteiger partial charge in [0.1, 0.15) is 10.9 Å². The summed E-state index contributed by atoms with van der Waals surface area (Å²) in [7, 11) is 0. The lowest BCUT2D eigenvalue weighted by atomic mass is 9.60. The molecule has 130 valence electrons. The van der Waals surface area contributed by atoms with E-state index >= 15 is 0 Å². The maximum atomic E-state index is 11.6. The summed E-state index contributed by atoms with van der Waals surface area (Å²) in [5, 5.41) is 26.7. The fraction of sp³-hybridized carbons (Fsp3) is 0.450. The van der Waals surface area contributed by atoms with Gasteiger partial charge in [0.25, 0.3) is 0 Å². The molecular weight excluding hydrogens is 352 g/mol. The summed E-state index contributed by atoms with van der Waals surface area (Å²) in [5.74, 6) is 0. The van der Waals surface area contributed by atoms with Crippen LogP contribution in [0, 0.1) is 11.3 Å². The van der Waals surface area contributed by atoms with Crippen molar-refractivity contribution in [1.29, 1.82) is 5.26 Å². The van der Waals surface area contributed by atoms with Gasteiger partial charge in [0, 0.05) is 22.0 Å². The average Bonchev–Trinajstić information content (AvgIpc) is 3.09. The van der Waals surface area contributed by atoms with Crippen LogP contribution in [0.5, 0.6) is 0 Å². The number of anilines is 1. The predicted molar refractivity (Wildman–Crippen MR) is 103 cm³/mol. The monoisotopic (exact) mass is 372 g/mol. The van der Waals surface area contributed by atoms with Crippen LogP contribution in [-0.2, 0) is 5.41 Å². The molecule has 1 aliphatic heterocycles. The third kappa shape index (κ3) is 2.07. The van der Waals surface area contributed by atoms with E-state index in [2.05, 4.69) is 44.3 Å². The molecule has 1 aromatic heterocycles. The van der Waals surface area contributed by atoms with Crippen molar-refractivity contribution in [2.24, 2.45) is 0 Å². The third-order valence-electron chi connectivity index (χ3n) is 6.37. The summed E-state index contributed by atoms with van der Waals surface area (Å²) in [6, 6.07) is 8.41. The fourth-order valence-electron chi connectivity index (χ4n) is 4.87. The topological polar surface area (TPSA) is 56.0 Å². The maximum Gasteiger partial charge on any atom is 0.124 e. The molecule has 4 rings (SSSR count). The minimum Gasteiger partial charge on any atom is -0.387 e. The number of rotatable bonds is 1. The third-order valence-corrected chi connectivity index (χ3v) is 7.76. The Morgan fingerprint density at radius 2 is 2.04 bits per heavy atom. The van der Waals surface area contributed by atoms with Crippen molar-refractivity contribution in [2.45, 2.75) is 56.6 Å². The quantitative estimate of drug-likeness (QED) is 0.712. The molecule has 25 heavy (non-hydrogen) atoms. The van der Waals surface area contributed by atoms with Gasteiger partial charge in [0.15, 0.2) is 0 Å². The summed E-state index contributed by atoms with van der Waals surface area (Å²) in [6.07, 6.45) is 2.77. The number of aliphatic hydroxyl groups is 1. The van der Waals surface area contributed by atoms with E-state index in [-0.39, 0.29) is 11.0 Å². The Morgan fingerprint density at radius 3 is 2.72 bits per heavy atom. The zero-order valence-electron chi connectivity index (χ0n) is 14.6. The van der Waals surface area contributed by atoms with Crippen molar-refractivity contribution in [3.8, 4) is 17.2 Å². The van der Waals surface area contributed by atoms with Crippen molar-refractivity contribution in [1.82, 2.24) is 0 Å². The van der Waals surface area contributed by atoms with Gasteiger partial charge in [-0.2, -0.15) is 5.26 Å². The first-order valence-corrected chi connectivity index (χ1v) is 9.82. The minimum absolute atomic E-state index is 0.298. The SMILES string of the molecule is CC1(C)Nc2ccc(-c3csc(C#N)c3Cl)cc2C2(C)CCCC12O. The number of halogens is 1. The smallest absolute Gasteiger partial charge is 0.124 e. The molecule has 1 fully saturated rings. The highest BCUT2D eigenvalue weighted by Gasteiger charge is 2.62. The van der Waals surface area contributed by atoms with Gasteiger partial charge in [-0.15, -0.1) is 11.3 Å². The van der Waals surface area contributed by atoms with Crippen LogP contribution in [0.4, 0.5) is 5.69 Å². The molecule has 2 heterocycles. The lowest BCUT2D eigenvalue weighted by molar-refractivity contribution is -0.0628. The fourth-order valence-corrected chi connectivity index (χ4v) is 6.03. The first kappa shape index (κ1) is 16.9. The molecule has 0 amide bonds. The van der Waals surface area contributed by atoms with Crippen molar-refractivity contribution < 1.29 is 5.11 Å². The van der Waals surface area contributed by atoms with Crippen molar-refractivity contribution in [3.63, 3.8) is 0 Å². The molecule has 0 saturated heterocycles. The van der Waals surface area contributed by atoms with Crippen LogP contribution in [0.25, 0.3) is 11.1 Å². The Balaban J connectivity index is 1.91. The van der Waals surface area contributed by atoms with Crippen molar-refractivity contribution >= 4 is 28.6 Å². The molecule has 2 unspecified atom stereocenters. The Kier molecular flexibility index (Phi) is 3.54. The molecule has 2 N–H and O–H groups in total. The van der Waals surface area contributed by atoms with E-state index in [9.17, 15) is 5.11 Å². The number of fused-ring (bicyclic) bond motifs is 3. The highest BCUT2D eigenvalue weighted by atomic mass is 35.5. The highest BCUT2D eigenvalue weighted by Crippen LogP contribution is 2.59. The van der Waals surface area contributed by atoms with Crippen molar-refractivity contribution in [2.75, 3.05) is 5.32 Å². The van der Waals surface area contributed by atoms with Crippen LogP contribution < -0.4 is 5.32 Å². The number of nitrogens with zero attached hydrogens (tertiary/aromatic N) is 1. The van der Waals surface area contributed by atoms with Crippen molar-refractivity contribution in [3.05, 3.63) is 39.0 Å². The molecular formula is C20H21ClN2OS. The molecule has 2 atom stereocenters. The van der Waals surface area contributed by atoms with Crippen LogP contribution in [-0.4, -0.2) is 16.2 Å². The Hall–Kier alpha value is -1.54. The van der Waals surface area contributed by atoms with Crippen LogP contribution in [0.15, 0.2) is 23.6 Å². The number of thiophene rings is 1. The van der Waals surface area contributed by atoms with Gasteiger partial charge in [-0.05, 0) is 56.4 Å². The van der Waals surface area contributed by atoms with E-state index in [0.717, 1.165) is 41.6 Å². The number of nitrogens with one attached hydrogen (secondary N) is 1. The van der Waals surface area contributed by atoms with Crippen LogP contribution in [0.1, 0.15) is 50.5 Å². The van der Waals surface area contributed by atoms with E-state index in [4.69, 9.17) is 16.9 Å². The predicted octanol–water partition coefficient (Wildman–Crippen LogP) is 5.32. The van der Waals surface area contributed by atoms with Crippen LogP contribution in [0.3, 0.4) is 0 Å². The van der Waals surface area contributed by atoms with E-state index < -0.39 is 5.60 Å². The molecule has 1 saturated carbocycles. The molecule has 1 aliphatic carbocycles. The maximum absolute atomic E-state index is 11.6. The lowest BCUT2D eigenvalue weighted by Gasteiger charge is -2.55. The second-order valence-corrected chi connectivity index (χ2v) is 9.22. The van der Waals surface area contributed by atoms with Gasteiger partial charge < -0.3 is 10.4 Å². The van der Waals surface area contributed by atoms with E-state index in [1.54, 1.807) is 0 Å². The van der Waals surface area contributed by atoms with Gasteiger partial charge in [0.2, 0.25) is 0 Å². The van der Waals surface area contributed by atoms with Crippen LogP contribution >= 0.6 is 22.9 Å². The van der Waals surface area contributed by atoms with Gasteiger partial charge >= 0.3 is 0 Å². The summed E-state index contributed by atoms with van der Waals surface area (Å²) < 4.78 is 0. The standard InChI is InChI=1S/C20H21ClN2OS/c1-18(2)20(24)8-4-7-19(20,3)14-9-12(5-6-15(14)23-18)13-11-25-16(10-22)17(13)21/h5-6,9,11,23-24H,4,7-8H2,1-3H3. The number of hydrogen-bond donors (Lipinski definition) is 2. The van der Waals surface area contributed by atoms with E-state index in [0.29, 0.717) is 9.90 Å². The summed E-state index contributed by atoms with van der Waals surface area (Å²) in [5.41, 5.74) is 2.63. The molecule has 2 aliphatic rings. The molecule has 2 aromatic rings. The normalized spacial score (nSPS) is 29.4. The second kappa shape index (κ2) is 5.23. The molecule has 0 spiro atoms. The number of benzene rings is 1. The molecule has 0 bridgehead atoms. The summed E-state index contributed by atoms with van der Waals surface area (Å²) in [4.78, 5) is 0.539. The Morgan fingerprint density at radius 1 is 1.28 bits per heavy atom. The molecule has 1 aromatic carbocycles. The Bertz CT molecular complexity index is 913. The second-order valence-electron chi connectivity index (χ2n) is 7.96. The van der Waals surface area contributed by atoms with Gasteiger partial charge in [-0.25, -0.2) is 0 Å². The van der Waals surface area contributed by atoms with Crippen LogP contribution in [0.2, 0.25) is 5.02 Å². The zero-order valence-corrected chi connectivity index (χ0v) is 16.2. The van der Waals surface area contributed by atoms with E-state index in [1.165, 1.54) is 11.3 Å². The lowest BCUT2D eigenvalue weighted by Crippen LogP contribution is -2.65. The van der Waals surface area contributed by atoms with E-state index in [1.807, 2.05) is 11.4 Å². The molecule has 5 heteroatoms. The Labute approximate surface area is 157 Å². The zero-order chi connectivity index (χ0) is 18.0. The molecule has 0 radical (unpaired) electrons. The number of hydrogen-bond acceptors (Lipinski definition) is 4. The number of nitriles is 1. The summed E-state index contributed by atoms with van der Waals surface area (Å²) in [6.45, 7) is 6.35. The first-order valence-electron chi connectivity index (χ1n) is 8.56. The van der Waals surface area contributed by atoms with Gasteiger partial charge in [-0.3, -0.25) is 0 Å².